The molecule has 2 saturated heterocycles. The van der Waals surface area contributed by atoms with Gasteiger partial charge in [-0.05, 0) is 101 Å². The molecule has 6 rings (SSSR count). The highest BCUT2D eigenvalue weighted by molar-refractivity contribution is 5.86. The molecule has 64 heavy (non-hydrogen) atoms. The van der Waals surface area contributed by atoms with Gasteiger partial charge in [0.2, 0.25) is 11.8 Å². The SMILES string of the molecule is CC[C@@H](C)[C@@H](C(=O)N1CCC[C@H]1c1ncc(-c2ccc(-c3ccc(-c4cnc([C@@H]5CCCN5C(=O)[C@H](CN(C(=O)O)C(C)(C)C)[C@H](C)CC)[nH]4)cc3)cc2)[nH]1)N(C)C(=O)OC(C)(C)C. The van der Waals surface area contributed by atoms with Gasteiger partial charge in [0.1, 0.15) is 23.3 Å². The first kappa shape index (κ1) is 47.8. The third-order valence-corrected chi connectivity index (χ3v) is 13.2. The summed E-state index contributed by atoms with van der Waals surface area (Å²) in [7, 11) is 1.65. The number of carboxylic acid groups (broad SMARTS) is 1. The Balaban J connectivity index is 1.12. The Hall–Kier alpha value is -5.66. The molecule has 0 spiro atoms. The van der Waals surface area contributed by atoms with Crippen molar-refractivity contribution in [3.63, 3.8) is 0 Å². The summed E-state index contributed by atoms with van der Waals surface area (Å²) in [5.41, 5.74) is 4.50. The van der Waals surface area contributed by atoms with Crippen LogP contribution in [0.1, 0.15) is 131 Å². The minimum atomic E-state index is -1.02. The number of ether oxygens (including phenoxy) is 1. The minimum absolute atomic E-state index is 0.0144. The number of carbonyl (C=O) groups excluding carboxylic acids is 3. The number of amides is 4. The molecule has 0 radical (unpaired) electrons. The summed E-state index contributed by atoms with van der Waals surface area (Å²) < 4.78 is 5.64. The largest absolute Gasteiger partial charge is 0.465 e. The van der Waals surface area contributed by atoms with Crippen molar-refractivity contribution in [1.82, 2.24) is 39.5 Å². The molecule has 4 amide bonds. The monoisotopic (exact) mass is 879 g/mol. The van der Waals surface area contributed by atoms with Gasteiger partial charge in [-0.3, -0.25) is 14.5 Å². The first-order valence-corrected chi connectivity index (χ1v) is 23.1. The van der Waals surface area contributed by atoms with Crippen LogP contribution >= 0.6 is 0 Å². The second-order valence-corrected chi connectivity index (χ2v) is 19.9. The first-order valence-electron chi connectivity index (χ1n) is 23.1. The van der Waals surface area contributed by atoms with Gasteiger partial charge in [-0.2, -0.15) is 0 Å². The molecule has 4 heterocycles. The molecule has 14 nitrogen and oxygen atoms in total. The van der Waals surface area contributed by atoms with E-state index in [1.165, 1.54) is 9.80 Å². The van der Waals surface area contributed by atoms with Crippen molar-refractivity contribution in [2.45, 2.75) is 137 Å². The Bertz CT molecular complexity index is 2240. The van der Waals surface area contributed by atoms with Gasteiger partial charge in [0.15, 0.2) is 0 Å². The zero-order valence-corrected chi connectivity index (χ0v) is 39.8. The molecule has 0 unspecified atom stereocenters. The summed E-state index contributed by atoms with van der Waals surface area (Å²) in [5, 5.41) is 10.0. The number of aromatic nitrogens is 4. The van der Waals surface area contributed by atoms with Crippen LogP contribution in [0.25, 0.3) is 33.6 Å². The van der Waals surface area contributed by atoms with Crippen molar-refractivity contribution in [2.24, 2.45) is 17.8 Å². The third-order valence-electron chi connectivity index (χ3n) is 13.2. The second kappa shape index (κ2) is 19.6. The number of H-pyrrole nitrogens is 2. The maximum absolute atomic E-state index is 14.2. The van der Waals surface area contributed by atoms with Gasteiger partial charge in [0, 0.05) is 32.2 Å². The molecule has 4 aromatic rings. The summed E-state index contributed by atoms with van der Waals surface area (Å²) in [5.74, 6) is 0.864. The Labute approximate surface area is 379 Å². The predicted molar refractivity (Wildman–Crippen MR) is 249 cm³/mol. The number of likely N-dealkylation sites (N-methyl/N-ethyl adjacent to an activating group) is 1. The topological polar surface area (TPSA) is 168 Å². The summed E-state index contributed by atoms with van der Waals surface area (Å²) in [4.78, 5) is 76.9. The van der Waals surface area contributed by atoms with Crippen LogP contribution in [-0.2, 0) is 14.3 Å². The van der Waals surface area contributed by atoms with E-state index >= 15 is 0 Å². The molecule has 2 aliphatic rings. The smallest absolute Gasteiger partial charge is 0.410 e. The average Bonchev–Trinajstić information content (AvgIpc) is 4.09. The zero-order chi connectivity index (χ0) is 46.7. The average molecular weight is 879 g/mol. The van der Waals surface area contributed by atoms with Gasteiger partial charge in [-0.15, -0.1) is 0 Å². The first-order chi connectivity index (χ1) is 30.2. The molecule has 2 aromatic carbocycles. The molecule has 2 aromatic heterocycles. The van der Waals surface area contributed by atoms with E-state index in [9.17, 15) is 24.3 Å². The Morgan fingerprint density at radius 2 is 1.17 bits per heavy atom. The Kier molecular flexibility index (Phi) is 14.6. The number of imidazole rings is 2. The predicted octanol–water partition coefficient (Wildman–Crippen LogP) is 10.2. The van der Waals surface area contributed by atoms with E-state index in [0.29, 0.717) is 13.1 Å². The van der Waals surface area contributed by atoms with Crippen LogP contribution in [0.2, 0.25) is 0 Å². The van der Waals surface area contributed by atoms with Gasteiger partial charge in [-0.1, -0.05) is 89.1 Å². The van der Waals surface area contributed by atoms with Gasteiger partial charge >= 0.3 is 12.2 Å². The Morgan fingerprint density at radius 1 is 0.734 bits per heavy atom. The lowest BCUT2D eigenvalue weighted by Gasteiger charge is -2.38. The number of hydrogen-bond acceptors (Lipinski definition) is 7. The lowest BCUT2D eigenvalue weighted by molar-refractivity contribution is -0.140. The summed E-state index contributed by atoms with van der Waals surface area (Å²) >= 11 is 0. The van der Waals surface area contributed by atoms with Crippen LogP contribution in [0.5, 0.6) is 0 Å². The van der Waals surface area contributed by atoms with Crippen molar-refractivity contribution in [3.8, 4) is 33.6 Å². The standard InChI is InChI=1S/C50H70N8O6/c1-12-31(3)37(30-58(47(61)62)49(5,6)7)45(59)56-26-14-16-40(56)43-51-28-38(53-43)35-22-18-33(19-23-35)34-20-24-36(25-21-34)39-29-52-44(54-39)41-17-15-27-57(41)46(60)42(32(4)13-2)55(11)48(63)64-50(8,9)10/h18-25,28-29,31-32,37,40-42H,12-17,26-27,30H2,1-11H3,(H,51,53)(H,52,54)(H,61,62)/t31-,32-,37-,40+,41+,42+/m1/s1. The van der Waals surface area contributed by atoms with Crippen LogP contribution in [0.15, 0.2) is 60.9 Å². The maximum atomic E-state index is 14.2. The lowest BCUT2D eigenvalue weighted by atomic mass is 9.88. The fourth-order valence-corrected chi connectivity index (χ4v) is 9.09. The molecular formula is C50H70N8O6. The van der Waals surface area contributed by atoms with Gasteiger partial charge < -0.3 is 34.5 Å². The lowest BCUT2D eigenvalue weighted by Crippen LogP contribution is -2.53. The van der Waals surface area contributed by atoms with Crippen LogP contribution in [0.3, 0.4) is 0 Å². The van der Waals surface area contributed by atoms with Crippen molar-refractivity contribution in [3.05, 3.63) is 72.6 Å². The second-order valence-electron chi connectivity index (χ2n) is 19.9. The van der Waals surface area contributed by atoms with E-state index in [-0.39, 0.29) is 42.3 Å². The zero-order valence-electron chi connectivity index (χ0n) is 39.8. The fraction of sp³-hybridized carbons (Fsp3) is 0.560. The third kappa shape index (κ3) is 10.6. The quantitative estimate of drug-likeness (QED) is 0.112. The number of carbonyl (C=O) groups is 4. The highest BCUT2D eigenvalue weighted by atomic mass is 16.6. The molecule has 14 heteroatoms. The molecule has 2 aliphatic heterocycles. The highest BCUT2D eigenvalue weighted by Crippen LogP contribution is 2.37. The molecule has 3 N–H and O–H groups in total. The summed E-state index contributed by atoms with van der Waals surface area (Å²) in [6.07, 6.45) is 6.89. The number of aromatic amines is 2. The fourth-order valence-electron chi connectivity index (χ4n) is 9.09. The van der Waals surface area contributed by atoms with Crippen LogP contribution < -0.4 is 0 Å². The normalized spacial score (nSPS) is 18.7. The van der Waals surface area contributed by atoms with Crippen molar-refractivity contribution in [2.75, 3.05) is 26.7 Å². The van der Waals surface area contributed by atoms with Crippen molar-refractivity contribution >= 4 is 24.0 Å². The van der Waals surface area contributed by atoms with Crippen LogP contribution in [0.4, 0.5) is 9.59 Å². The molecule has 2 fully saturated rings. The summed E-state index contributed by atoms with van der Waals surface area (Å²) in [6.45, 7) is 20.5. The van der Waals surface area contributed by atoms with E-state index in [1.54, 1.807) is 7.05 Å². The number of nitrogens with one attached hydrogen (secondary N) is 2. The number of rotatable bonds is 14. The molecule has 0 bridgehead atoms. The van der Waals surface area contributed by atoms with Crippen LogP contribution in [0, 0.1) is 17.8 Å². The molecule has 6 atom stereocenters. The van der Waals surface area contributed by atoms with E-state index < -0.39 is 35.3 Å². The summed E-state index contributed by atoms with van der Waals surface area (Å²) in [6, 6.07) is 15.5. The van der Waals surface area contributed by atoms with E-state index in [0.717, 1.165) is 83.8 Å². The van der Waals surface area contributed by atoms with Gasteiger partial charge in [-0.25, -0.2) is 19.6 Å². The Morgan fingerprint density at radius 3 is 1.58 bits per heavy atom. The number of hydrogen-bond donors (Lipinski definition) is 3. The molecular weight excluding hydrogens is 809 g/mol. The van der Waals surface area contributed by atoms with Crippen molar-refractivity contribution < 1.29 is 29.0 Å². The number of benzene rings is 2. The maximum Gasteiger partial charge on any atom is 0.410 e. The molecule has 0 saturated carbocycles. The molecule has 0 aliphatic carbocycles. The minimum Gasteiger partial charge on any atom is -0.465 e. The molecule has 346 valence electrons. The van der Waals surface area contributed by atoms with Gasteiger partial charge in [0.05, 0.1) is 41.8 Å². The number of nitrogens with zero attached hydrogens (tertiary/aromatic N) is 6. The van der Waals surface area contributed by atoms with E-state index in [4.69, 9.17) is 14.7 Å². The van der Waals surface area contributed by atoms with E-state index in [1.807, 2.05) is 91.4 Å². The number of likely N-dealkylation sites (tertiary alicyclic amines) is 2. The van der Waals surface area contributed by atoms with E-state index in [2.05, 4.69) is 58.5 Å². The van der Waals surface area contributed by atoms with Crippen LogP contribution in [-0.4, -0.2) is 113 Å². The highest BCUT2D eigenvalue weighted by Gasteiger charge is 2.42. The van der Waals surface area contributed by atoms with Gasteiger partial charge in [0.25, 0.3) is 0 Å². The van der Waals surface area contributed by atoms with Crippen molar-refractivity contribution in [1.29, 1.82) is 0 Å².